The second-order valence-electron chi connectivity index (χ2n) is 4.84. The van der Waals surface area contributed by atoms with Gasteiger partial charge in [0.2, 0.25) is 0 Å². The molecule has 1 aliphatic rings. The second-order valence-corrected chi connectivity index (χ2v) is 4.84. The minimum Gasteiger partial charge on any atom is -0.370 e. The molecule has 0 aliphatic heterocycles. The van der Waals surface area contributed by atoms with Crippen molar-refractivity contribution in [1.29, 1.82) is 0 Å². The van der Waals surface area contributed by atoms with Gasteiger partial charge in [-0.1, -0.05) is 26.7 Å². The lowest BCUT2D eigenvalue weighted by molar-refractivity contribution is -0.132. The zero-order valence-electron chi connectivity index (χ0n) is 10.9. The van der Waals surface area contributed by atoms with Crippen molar-refractivity contribution in [2.24, 2.45) is 17.6 Å². The Morgan fingerprint density at radius 1 is 1.47 bits per heavy atom. The highest BCUT2D eigenvalue weighted by molar-refractivity contribution is 5.85. The molecule has 0 saturated heterocycles. The third kappa shape index (κ3) is 4.45. The molecule has 4 nitrogen and oxygen atoms in total. The van der Waals surface area contributed by atoms with Gasteiger partial charge < -0.3 is 15.8 Å². The molecular formula is C12H25ClN2O2. The van der Waals surface area contributed by atoms with Crippen molar-refractivity contribution < 1.29 is 9.53 Å². The summed E-state index contributed by atoms with van der Waals surface area (Å²) in [4.78, 5) is 11.8. The molecule has 1 saturated carbocycles. The average molecular weight is 265 g/mol. The molecule has 4 atom stereocenters. The predicted molar refractivity (Wildman–Crippen MR) is 71.2 cm³/mol. The van der Waals surface area contributed by atoms with Crippen LogP contribution in [0.4, 0.5) is 0 Å². The van der Waals surface area contributed by atoms with E-state index in [2.05, 4.69) is 19.2 Å². The quantitative estimate of drug-likeness (QED) is 0.805. The molecule has 4 unspecified atom stereocenters. The number of nitrogens with one attached hydrogen (secondary N) is 1. The second kappa shape index (κ2) is 7.90. The van der Waals surface area contributed by atoms with Crippen LogP contribution in [0.3, 0.4) is 0 Å². The van der Waals surface area contributed by atoms with Crippen LogP contribution < -0.4 is 11.1 Å². The van der Waals surface area contributed by atoms with Gasteiger partial charge in [-0.2, -0.15) is 0 Å². The van der Waals surface area contributed by atoms with Crippen molar-refractivity contribution in [3.63, 3.8) is 0 Å². The Morgan fingerprint density at radius 2 is 2.12 bits per heavy atom. The summed E-state index contributed by atoms with van der Waals surface area (Å²) in [6.07, 6.45) is 3.01. The van der Waals surface area contributed by atoms with Gasteiger partial charge in [-0.25, -0.2) is 0 Å². The molecule has 1 amide bonds. The normalized spacial score (nSPS) is 30.2. The summed E-state index contributed by atoms with van der Waals surface area (Å²) in [5.74, 6) is 1.14. The molecule has 1 fully saturated rings. The van der Waals surface area contributed by atoms with Crippen molar-refractivity contribution >= 4 is 18.3 Å². The standard InChI is InChI=1S/C12H24N2O2.ClH/c1-8-5-4-6-10(9(8)2)14-12(15)11(7-13)16-3;/h8-11H,4-7,13H2,1-3H3,(H,14,15);1H. The van der Waals surface area contributed by atoms with Crippen LogP contribution in [0.2, 0.25) is 0 Å². The maximum Gasteiger partial charge on any atom is 0.250 e. The van der Waals surface area contributed by atoms with Crippen LogP contribution in [0, 0.1) is 11.8 Å². The monoisotopic (exact) mass is 264 g/mol. The number of hydrogen-bond donors (Lipinski definition) is 2. The number of nitrogens with two attached hydrogens (primary N) is 1. The van der Waals surface area contributed by atoms with Gasteiger partial charge in [0, 0.05) is 19.7 Å². The topological polar surface area (TPSA) is 64.3 Å². The molecule has 3 N–H and O–H groups in total. The van der Waals surface area contributed by atoms with Crippen molar-refractivity contribution in [2.75, 3.05) is 13.7 Å². The number of amides is 1. The predicted octanol–water partition coefficient (Wildman–Crippen LogP) is 1.32. The van der Waals surface area contributed by atoms with E-state index < -0.39 is 6.10 Å². The van der Waals surface area contributed by atoms with Gasteiger partial charge in [0.05, 0.1) is 0 Å². The van der Waals surface area contributed by atoms with Crippen molar-refractivity contribution in [2.45, 2.75) is 45.3 Å². The lowest BCUT2D eigenvalue weighted by Crippen LogP contribution is -2.49. The van der Waals surface area contributed by atoms with Gasteiger partial charge in [0.25, 0.3) is 5.91 Å². The fourth-order valence-corrected chi connectivity index (χ4v) is 2.37. The smallest absolute Gasteiger partial charge is 0.250 e. The molecule has 17 heavy (non-hydrogen) atoms. The van der Waals surface area contributed by atoms with Crippen LogP contribution in [0.1, 0.15) is 33.1 Å². The van der Waals surface area contributed by atoms with Gasteiger partial charge in [-0.3, -0.25) is 4.79 Å². The number of carbonyl (C=O) groups is 1. The highest BCUT2D eigenvalue weighted by Gasteiger charge is 2.29. The highest BCUT2D eigenvalue weighted by Crippen LogP contribution is 2.29. The van der Waals surface area contributed by atoms with Gasteiger partial charge in [0.15, 0.2) is 0 Å². The van der Waals surface area contributed by atoms with Gasteiger partial charge >= 0.3 is 0 Å². The van der Waals surface area contributed by atoms with E-state index in [1.165, 1.54) is 20.0 Å². The third-order valence-corrected chi connectivity index (χ3v) is 3.83. The molecule has 0 aromatic heterocycles. The molecule has 1 aliphatic carbocycles. The fourth-order valence-electron chi connectivity index (χ4n) is 2.37. The van der Waals surface area contributed by atoms with Gasteiger partial charge in [-0.15, -0.1) is 12.4 Å². The first kappa shape index (κ1) is 16.7. The first-order valence-electron chi connectivity index (χ1n) is 6.13. The van der Waals surface area contributed by atoms with E-state index in [9.17, 15) is 4.79 Å². The van der Waals surface area contributed by atoms with Gasteiger partial charge in [-0.05, 0) is 18.3 Å². The zero-order chi connectivity index (χ0) is 12.1. The Labute approximate surface area is 110 Å². The van der Waals surface area contributed by atoms with Crippen LogP contribution >= 0.6 is 12.4 Å². The SMILES string of the molecule is COC(CN)C(=O)NC1CCCC(C)C1C.Cl. The van der Waals surface area contributed by atoms with E-state index in [-0.39, 0.29) is 30.9 Å². The first-order valence-corrected chi connectivity index (χ1v) is 6.13. The maximum atomic E-state index is 11.8. The summed E-state index contributed by atoms with van der Waals surface area (Å²) in [7, 11) is 1.52. The Kier molecular flexibility index (Phi) is 7.75. The number of rotatable bonds is 4. The molecule has 102 valence electrons. The van der Waals surface area contributed by atoms with Crippen molar-refractivity contribution in [3.8, 4) is 0 Å². The fraction of sp³-hybridized carbons (Fsp3) is 0.917. The van der Waals surface area contributed by atoms with E-state index in [4.69, 9.17) is 10.5 Å². The molecule has 0 heterocycles. The lowest BCUT2D eigenvalue weighted by Gasteiger charge is -2.35. The van der Waals surface area contributed by atoms with Crippen LogP contribution in [0.5, 0.6) is 0 Å². The summed E-state index contributed by atoms with van der Waals surface area (Å²) in [6.45, 7) is 4.69. The largest absolute Gasteiger partial charge is 0.370 e. The Bertz CT molecular complexity index is 235. The van der Waals surface area contributed by atoms with Gasteiger partial charge in [0.1, 0.15) is 6.10 Å². The number of halogens is 1. The summed E-state index contributed by atoms with van der Waals surface area (Å²) < 4.78 is 5.03. The lowest BCUT2D eigenvalue weighted by atomic mass is 9.78. The Morgan fingerprint density at radius 3 is 2.65 bits per heavy atom. The van der Waals surface area contributed by atoms with Crippen LogP contribution in [-0.4, -0.2) is 31.7 Å². The molecule has 0 aromatic rings. The summed E-state index contributed by atoms with van der Waals surface area (Å²) >= 11 is 0. The molecular weight excluding hydrogens is 240 g/mol. The third-order valence-electron chi connectivity index (χ3n) is 3.83. The molecule has 1 rings (SSSR count). The van der Waals surface area contributed by atoms with E-state index in [1.54, 1.807) is 0 Å². The van der Waals surface area contributed by atoms with Crippen LogP contribution in [0.25, 0.3) is 0 Å². The number of ether oxygens (including phenoxy) is 1. The van der Waals surface area contributed by atoms with E-state index in [1.807, 2.05) is 0 Å². The summed E-state index contributed by atoms with van der Waals surface area (Å²) in [6, 6.07) is 0.278. The molecule has 0 bridgehead atoms. The maximum absolute atomic E-state index is 11.8. The minimum absolute atomic E-state index is 0. The minimum atomic E-state index is -0.510. The summed E-state index contributed by atoms with van der Waals surface area (Å²) in [5.41, 5.74) is 5.47. The molecule has 0 aromatic carbocycles. The van der Waals surface area contributed by atoms with Crippen molar-refractivity contribution in [3.05, 3.63) is 0 Å². The Hall–Kier alpha value is -0.320. The van der Waals surface area contributed by atoms with Crippen molar-refractivity contribution in [1.82, 2.24) is 5.32 Å². The van der Waals surface area contributed by atoms with E-state index in [0.717, 1.165) is 6.42 Å². The summed E-state index contributed by atoms with van der Waals surface area (Å²) in [5, 5.41) is 3.06. The molecule has 0 radical (unpaired) electrons. The molecule has 0 spiro atoms. The van der Waals surface area contributed by atoms with E-state index >= 15 is 0 Å². The number of carbonyl (C=O) groups excluding carboxylic acids is 1. The Balaban J connectivity index is 0.00000256. The van der Waals surface area contributed by atoms with Crippen LogP contribution in [0.15, 0.2) is 0 Å². The van der Waals surface area contributed by atoms with Crippen LogP contribution in [-0.2, 0) is 9.53 Å². The average Bonchev–Trinajstić information content (AvgIpc) is 2.26. The highest BCUT2D eigenvalue weighted by atomic mass is 35.5. The zero-order valence-corrected chi connectivity index (χ0v) is 11.8. The van der Waals surface area contributed by atoms with E-state index in [0.29, 0.717) is 11.8 Å². The number of hydrogen-bond acceptors (Lipinski definition) is 3. The number of methoxy groups -OCH3 is 1. The first-order chi connectivity index (χ1) is 7.60. The molecule has 5 heteroatoms.